The van der Waals surface area contributed by atoms with Crippen LogP contribution >= 0.6 is 0 Å². The van der Waals surface area contributed by atoms with Gasteiger partial charge in [0.05, 0.1) is 5.60 Å². The molecular weight excluding hydrogens is 226 g/mol. The van der Waals surface area contributed by atoms with Crippen LogP contribution in [0.15, 0.2) is 0 Å². The van der Waals surface area contributed by atoms with Crippen LogP contribution in [0.5, 0.6) is 0 Å². The number of aliphatic hydroxyl groups is 1. The molecule has 18 heavy (non-hydrogen) atoms. The molecule has 3 nitrogen and oxygen atoms in total. The molecular formula is C15H29NO2. The summed E-state index contributed by atoms with van der Waals surface area (Å²) in [5, 5.41) is 10.6. The van der Waals surface area contributed by atoms with Crippen LogP contribution in [-0.2, 0) is 4.74 Å². The van der Waals surface area contributed by atoms with Crippen LogP contribution in [0.1, 0.15) is 51.9 Å². The minimum absolute atomic E-state index is 0.511. The summed E-state index contributed by atoms with van der Waals surface area (Å²) >= 11 is 0. The molecule has 0 aromatic heterocycles. The van der Waals surface area contributed by atoms with E-state index in [1.54, 1.807) is 0 Å². The van der Waals surface area contributed by atoms with E-state index in [4.69, 9.17) is 4.74 Å². The van der Waals surface area contributed by atoms with Crippen LogP contribution in [0.25, 0.3) is 0 Å². The predicted molar refractivity (Wildman–Crippen MR) is 73.7 cm³/mol. The van der Waals surface area contributed by atoms with E-state index in [0.717, 1.165) is 25.3 Å². The molecule has 0 aromatic rings. The molecule has 0 aromatic carbocycles. The summed E-state index contributed by atoms with van der Waals surface area (Å²) in [6.07, 6.45) is 8.28. The molecule has 1 aliphatic heterocycles. The lowest BCUT2D eigenvalue weighted by atomic mass is 9.81. The Morgan fingerprint density at radius 2 is 1.89 bits per heavy atom. The van der Waals surface area contributed by atoms with Crippen LogP contribution < -0.4 is 0 Å². The van der Waals surface area contributed by atoms with Crippen molar-refractivity contribution in [1.82, 2.24) is 4.90 Å². The predicted octanol–water partition coefficient (Wildman–Crippen LogP) is 2.43. The van der Waals surface area contributed by atoms with Crippen molar-refractivity contribution in [3.63, 3.8) is 0 Å². The Bertz CT molecular complexity index is 251. The molecule has 1 saturated heterocycles. The van der Waals surface area contributed by atoms with Gasteiger partial charge < -0.3 is 14.7 Å². The Labute approximate surface area is 112 Å². The first-order valence-electron chi connectivity index (χ1n) is 7.65. The van der Waals surface area contributed by atoms with Crippen LogP contribution in [0, 0.1) is 5.92 Å². The van der Waals surface area contributed by atoms with Crippen molar-refractivity contribution in [3.8, 4) is 0 Å². The molecule has 106 valence electrons. The summed E-state index contributed by atoms with van der Waals surface area (Å²) in [5.41, 5.74) is -0.511. The fraction of sp³-hybridized carbons (Fsp3) is 1.00. The highest BCUT2D eigenvalue weighted by atomic mass is 16.5. The van der Waals surface area contributed by atoms with Crippen molar-refractivity contribution < 1.29 is 9.84 Å². The minimum atomic E-state index is -0.511. The number of nitrogens with zero attached hydrogens (tertiary/aromatic N) is 1. The van der Waals surface area contributed by atoms with Gasteiger partial charge in [0, 0.05) is 38.6 Å². The fourth-order valence-corrected chi connectivity index (χ4v) is 3.74. The third-order valence-electron chi connectivity index (χ3n) is 4.93. The summed E-state index contributed by atoms with van der Waals surface area (Å²) in [5.74, 6) is 0.826. The van der Waals surface area contributed by atoms with Gasteiger partial charge in [-0.15, -0.1) is 0 Å². The zero-order valence-electron chi connectivity index (χ0n) is 12.0. The smallest absolute Gasteiger partial charge is 0.0817 e. The van der Waals surface area contributed by atoms with Gasteiger partial charge in [-0.05, 0) is 25.8 Å². The number of ether oxygens (including phenoxy) is 1. The second-order valence-electron chi connectivity index (χ2n) is 6.27. The van der Waals surface area contributed by atoms with Gasteiger partial charge >= 0.3 is 0 Å². The standard InChI is InChI=1S/C15H29NO2/c1-3-13-6-4-5-7-14(13)16(2)12-15(17)8-10-18-11-9-15/h13-14,17H,3-12H2,1-2H3. The van der Waals surface area contributed by atoms with E-state index in [1.807, 2.05) is 0 Å². The lowest BCUT2D eigenvalue weighted by Gasteiger charge is -2.42. The highest BCUT2D eigenvalue weighted by molar-refractivity contribution is 4.88. The van der Waals surface area contributed by atoms with Gasteiger partial charge in [-0.25, -0.2) is 0 Å². The van der Waals surface area contributed by atoms with Crippen LogP contribution in [0.3, 0.4) is 0 Å². The zero-order valence-corrected chi connectivity index (χ0v) is 12.0. The molecule has 2 fully saturated rings. The Kier molecular flexibility index (Phi) is 5.05. The molecule has 1 N–H and O–H groups in total. The first kappa shape index (κ1) is 14.3. The van der Waals surface area contributed by atoms with E-state index in [0.29, 0.717) is 19.3 Å². The molecule has 2 rings (SSSR count). The summed E-state index contributed by atoms with van der Waals surface area (Å²) in [7, 11) is 2.20. The second kappa shape index (κ2) is 6.36. The number of rotatable bonds is 4. The SMILES string of the molecule is CCC1CCCCC1N(C)CC1(O)CCOCC1. The molecule has 2 atom stereocenters. The van der Waals surface area contributed by atoms with E-state index >= 15 is 0 Å². The molecule has 3 heteroatoms. The van der Waals surface area contributed by atoms with Gasteiger partial charge in [0.1, 0.15) is 0 Å². The molecule has 0 spiro atoms. The lowest BCUT2D eigenvalue weighted by molar-refractivity contribution is -0.0860. The Morgan fingerprint density at radius 1 is 1.22 bits per heavy atom. The highest BCUT2D eigenvalue weighted by Gasteiger charge is 2.35. The molecule has 2 unspecified atom stereocenters. The molecule has 0 radical (unpaired) electrons. The minimum Gasteiger partial charge on any atom is -0.388 e. The summed E-state index contributed by atoms with van der Waals surface area (Å²) in [6.45, 7) is 4.55. The Morgan fingerprint density at radius 3 is 2.56 bits per heavy atom. The van der Waals surface area contributed by atoms with Crippen LogP contribution in [-0.4, -0.2) is 48.5 Å². The Balaban J connectivity index is 1.90. The average molecular weight is 255 g/mol. The number of hydrogen-bond donors (Lipinski definition) is 1. The molecule has 1 heterocycles. The van der Waals surface area contributed by atoms with Gasteiger partial charge in [0.25, 0.3) is 0 Å². The van der Waals surface area contributed by atoms with Gasteiger partial charge in [-0.3, -0.25) is 0 Å². The van der Waals surface area contributed by atoms with Crippen molar-refractivity contribution in [1.29, 1.82) is 0 Å². The van der Waals surface area contributed by atoms with E-state index < -0.39 is 5.60 Å². The second-order valence-corrected chi connectivity index (χ2v) is 6.27. The van der Waals surface area contributed by atoms with Crippen molar-refractivity contribution in [2.45, 2.75) is 63.5 Å². The van der Waals surface area contributed by atoms with Gasteiger partial charge in [0.2, 0.25) is 0 Å². The van der Waals surface area contributed by atoms with E-state index in [2.05, 4.69) is 18.9 Å². The first-order valence-corrected chi connectivity index (χ1v) is 7.65. The number of likely N-dealkylation sites (N-methyl/N-ethyl adjacent to an activating group) is 1. The van der Waals surface area contributed by atoms with Crippen molar-refractivity contribution in [2.75, 3.05) is 26.8 Å². The van der Waals surface area contributed by atoms with Crippen molar-refractivity contribution in [3.05, 3.63) is 0 Å². The van der Waals surface area contributed by atoms with Crippen LogP contribution in [0.4, 0.5) is 0 Å². The zero-order chi connectivity index (χ0) is 13.0. The molecule has 2 aliphatic rings. The van der Waals surface area contributed by atoms with Gasteiger partial charge in [-0.2, -0.15) is 0 Å². The largest absolute Gasteiger partial charge is 0.388 e. The monoisotopic (exact) mass is 255 g/mol. The maximum Gasteiger partial charge on any atom is 0.0817 e. The third kappa shape index (κ3) is 3.46. The molecule has 1 saturated carbocycles. The summed E-state index contributed by atoms with van der Waals surface area (Å²) in [6, 6.07) is 0.676. The molecule has 0 amide bonds. The average Bonchev–Trinajstić information content (AvgIpc) is 2.39. The quantitative estimate of drug-likeness (QED) is 0.837. The Hall–Kier alpha value is -0.120. The lowest BCUT2D eigenvalue weighted by Crippen LogP contribution is -2.50. The molecule has 0 bridgehead atoms. The van der Waals surface area contributed by atoms with E-state index in [1.165, 1.54) is 32.1 Å². The van der Waals surface area contributed by atoms with Crippen molar-refractivity contribution >= 4 is 0 Å². The number of hydrogen-bond acceptors (Lipinski definition) is 3. The highest BCUT2D eigenvalue weighted by Crippen LogP contribution is 2.32. The van der Waals surface area contributed by atoms with Crippen molar-refractivity contribution in [2.24, 2.45) is 5.92 Å². The fourth-order valence-electron chi connectivity index (χ4n) is 3.74. The maximum absolute atomic E-state index is 10.6. The van der Waals surface area contributed by atoms with Gasteiger partial charge in [-0.1, -0.05) is 26.2 Å². The van der Waals surface area contributed by atoms with Crippen LogP contribution in [0.2, 0.25) is 0 Å². The first-order chi connectivity index (χ1) is 8.64. The summed E-state index contributed by atoms with van der Waals surface area (Å²) < 4.78 is 5.36. The maximum atomic E-state index is 10.6. The van der Waals surface area contributed by atoms with E-state index in [9.17, 15) is 5.11 Å². The normalized spacial score (nSPS) is 32.7. The summed E-state index contributed by atoms with van der Waals surface area (Å²) in [4.78, 5) is 2.43. The van der Waals surface area contributed by atoms with Gasteiger partial charge in [0.15, 0.2) is 0 Å². The third-order valence-corrected chi connectivity index (χ3v) is 4.93. The topological polar surface area (TPSA) is 32.7 Å². The molecule has 1 aliphatic carbocycles. The van der Waals surface area contributed by atoms with E-state index in [-0.39, 0.29) is 0 Å².